The van der Waals surface area contributed by atoms with Crippen molar-refractivity contribution in [3.8, 4) is 0 Å². The third-order valence-electron chi connectivity index (χ3n) is 6.22. The summed E-state index contributed by atoms with van der Waals surface area (Å²) in [4.78, 5) is 25.5. The number of rotatable bonds is 16. The quantitative estimate of drug-likeness (QED) is 0.206. The minimum atomic E-state index is -4.61. The first-order valence-electron chi connectivity index (χ1n) is 12.8. The van der Waals surface area contributed by atoms with Gasteiger partial charge in [0, 0.05) is 37.7 Å². The molecule has 1 atom stereocenters. The Hall–Kier alpha value is -3.13. The van der Waals surface area contributed by atoms with E-state index in [4.69, 9.17) is 4.74 Å². The maximum absolute atomic E-state index is 12.7. The number of pyridine rings is 1. The van der Waals surface area contributed by atoms with Crippen molar-refractivity contribution in [3.05, 3.63) is 41.3 Å². The Bertz CT molecular complexity index is 1040. The van der Waals surface area contributed by atoms with Crippen LogP contribution in [0.25, 0.3) is 0 Å². The standard InChI is InChI=1S/C25H33F5N6O3/c26-21(27)16-39-13-12-36(10-2-1-5-19-7-6-17-4-3-9-31-22(17)34-19)11-8-20(23(37)38)35-24-32-14-18(15-33-24)25(28,29)30/h6-7,14-15,20-21H,1-5,8-13,16H2,(H,31,34)(H,37,38)(H,32,33,35). The lowest BCUT2D eigenvalue weighted by atomic mass is 10.1. The number of aliphatic carboxylic acids is 1. The van der Waals surface area contributed by atoms with E-state index in [0.717, 1.165) is 50.2 Å². The third kappa shape index (κ3) is 10.5. The number of unbranched alkanes of at least 4 members (excludes halogenated alkanes) is 1. The number of nitrogens with one attached hydrogen (secondary N) is 2. The summed E-state index contributed by atoms with van der Waals surface area (Å²) in [7, 11) is 0. The van der Waals surface area contributed by atoms with Crippen LogP contribution in [0.3, 0.4) is 0 Å². The summed E-state index contributed by atoms with van der Waals surface area (Å²) < 4.78 is 68.0. The molecule has 0 saturated carbocycles. The molecule has 2 aromatic heterocycles. The van der Waals surface area contributed by atoms with Crippen molar-refractivity contribution >= 4 is 17.7 Å². The van der Waals surface area contributed by atoms with E-state index in [1.54, 1.807) is 0 Å². The van der Waals surface area contributed by atoms with Gasteiger partial charge in [-0.2, -0.15) is 13.2 Å². The molecule has 39 heavy (non-hydrogen) atoms. The van der Waals surface area contributed by atoms with Crippen LogP contribution in [0.4, 0.5) is 33.7 Å². The smallest absolute Gasteiger partial charge is 0.419 e. The minimum absolute atomic E-state index is 0.0512. The molecule has 3 heterocycles. The van der Waals surface area contributed by atoms with E-state index in [2.05, 4.69) is 31.7 Å². The normalized spacial score (nSPS) is 14.2. The molecule has 2 aromatic rings. The molecule has 1 aliphatic heterocycles. The van der Waals surface area contributed by atoms with Crippen LogP contribution in [0.1, 0.15) is 42.5 Å². The number of carboxylic acid groups (broad SMARTS) is 1. The maximum atomic E-state index is 12.7. The predicted octanol–water partition coefficient (Wildman–Crippen LogP) is 4.11. The highest BCUT2D eigenvalue weighted by molar-refractivity contribution is 5.76. The lowest BCUT2D eigenvalue weighted by Crippen LogP contribution is -2.37. The van der Waals surface area contributed by atoms with Gasteiger partial charge in [-0.05, 0) is 56.7 Å². The molecule has 1 aliphatic rings. The fraction of sp³-hybridized carbons (Fsp3) is 0.600. The number of aromatic nitrogens is 3. The van der Waals surface area contributed by atoms with Crippen LogP contribution in [-0.2, 0) is 28.5 Å². The van der Waals surface area contributed by atoms with E-state index in [-0.39, 0.29) is 25.5 Å². The molecule has 3 N–H and O–H groups in total. The SMILES string of the molecule is O=C(O)C(CCN(CCCCc1ccc2c(n1)NCCC2)CCOCC(F)F)Nc1ncc(C(F)(F)F)cn1. The number of hydrogen-bond donors (Lipinski definition) is 3. The van der Waals surface area contributed by atoms with Crippen molar-refractivity contribution in [2.75, 3.05) is 50.0 Å². The zero-order valence-corrected chi connectivity index (χ0v) is 21.4. The lowest BCUT2D eigenvalue weighted by Gasteiger charge is -2.24. The number of ether oxygens (including phenoxy) is 1. The number of hydrogen-bond acceptors (Lipinski definition) is 8. The average molecular weight is 561 g/mol. The van der Waals surface area contributed by atoms with Gasteiger partial charge >= 0.3 is 12.1 Å². The second kappa shape index (κ2) is 14.9. The molecule has 1 unspecified atom stereocenters. The largest absolute Gasteiger partial charge is 0.480 e. The third-order valence-corrected chi connectivity index (χ3v) is 6.22. The zero-order valence-electron chi connectivity index (χ0n) is 21.4. The van der Waals surface area contributed by atoms with Gasteiger partial charge in [0.05, 0.1) is 12.2 Å². The van der Waals surface area contributed by atoms with E-state index in [1.807, 2.05) is 11.0 Å². The van der Waals surface area contributed by atoms with Gasteiger partial charge in [0.1, 0.15) is 18.5 Å². The molecule has 9 nitrogen and oxygen atoms in total. The van der Waals surface area contributed by atoms with Crippen LogP contribution in [0.2, 0.25) is 0 Å². The summed E-state index contributed by atoms with van der Waals surface area (Å²) in [6.07, 6.45) is -1.53. The molecule has 14 heteroatoms. The number of carbonyl (C=O) groups is 1. The van der Waals surface area contributed by atoms with Crippen molar-refractivity contribution in [2.24, 2.45) is 0 Å². The summed E-state index contributed by atoms with van der Waals surface area (Å²) in [6, 6.07) is 2.95. The molecule has 0 spiro atoms. The highest BCUT2D eigenvalue weighted by Gasteiger charge is 2.31. The van der Waals surface area contributed by atoms with Crippen LogP contribution in [0, 0.1) is 0 Å². The number of aryl methyl sites for hydroxylation is 2. The van der Waals surface area contributed by atoms with E-state index in [9.17, 15) is 31.9 Å². The average Bonchev–Trinajstić information content (AvgIpc) is 2.90. The van der Waals surface area contributed by atoms with Crippen molar-refractivity contribution in [3.63, 3.8) is 0 Å². The molecule has 0 fully saturated rings. The summed E-state index contributed by atoms with van der Waals surface area (Å²) in [5, 5.41) is 15.5. The van der Waals surface area contributed by atoms with Crippen molar-refractivity contribution in [1.29, 1.82) is 0 Å². The van der Waals surface area contributed by atoms with Crippen LogP contribution < -0.4 is 10.6 Å². The van der Waals surface area contributed by atoms with Crippen LogP contribution in [0.5, 0.6) is 0 Å². The number of anilines is 2. The molecule has 0 bridgehead atoms. The first-order chi connectivity index (χ1) is 18.6. The van der Waals surface area contributed by atoms with E-state index in [1.165, 1.54) is 5.56 Å². The number of nitrogens with zero attached hydrogens (tertiary/aromatic N) is 4. The van der Waals surface area contributed by atoms with E-state index >= 15 is 0 Å². The van der Waals surface area contributed by atoms with Gasteiger partial charge in [-0.1, -0.05) is 6.07 Å². The fourth-order valence-corrected chi connectivity index (χ4v) is 4.12. The summed E-state index contributed by atoms with van der Waals surface area (Å²) in [5.41, 5.74) is 1.14. The minimum Gasteiger partial charge on any atom is -0.480 e. The van der Waals surface area contributed by atoms with Gasteiger partial charge in [0.15, 0.2) is 0 Å². The molecule has 0 radical (unpaired) electrons. The number of carboxylic acids is 1. The highest BCUT2D eigenvalue weighted by Crippen LogP contribution is 2.28. The molecule has 0 aromatic carbocycles. The van der Waals surface area contributed by atoms with Gasteiger partial charge in [0.25, 0.3) is 6.43 Å². The topological polar surface area (TPSA) is 112 Å². The summed E-state index contributed by atoms with van der Waals surface area (Å²) >= 11 is 0. The van der Waals surface area contributed by atoms with Gasteiger partial charge < -0.3 is 25.4 Å². The highest BCUT2D eigenvalue weighted by atomic mass is 19.4. The fourth-order valence-electron chi connectivity index (χ4n) is 4.12. The molecule has 3 rings (SSSR count). The second-order valence-corrected chi connectivity index (χ2v) is 9.22. The van der Waals surface area contributed by atoms with E-state index < -0.39 is 36.8 Å². The molecular formula is C25H33F5N6O3. The first kappa shape index (κ1) is 30.4. The molecule has 0 aliphatic carbocycles. The van der Waals surface area contributed by atoms with E-state index in [0.29, 0.717) is 25.5 Å². The van der Waals surface area contributed by atoms with Gasteiger partial charge in [0.2, 0.25) is 5.95 Å². The Labute approximate surface area is 223 Å². The summed E-state index contributed by atoms with van der Waals surface area (Å²) in [6.45, 7) is 1.44. The van der Waals surface area contributed by atoms with Gasteiger partial charge in [-0.3, -0.25) is 0 Å². The zero-order chi connectivity index (χ0) is 28.3. The molecule has 0 amide bonds. The second-order valence-electron chi connectivity index (χ2n) is 9.22. The van der Waals surface area contributed by atoms with Crippen molar-refractivity contribution in [2.45, 2.75) is 57.2 Å². The Morgan fingerprint density at radius 2 is 1.92 bits per heavy atom. The predicted molar refractivity (Wildman–Crippen MR) is 134 cm³/mol. The molecule has 0 saturated heterocycles. The van der Waals surface area contributed by atoms with Crippen LogP contribution in [0.15, 0.2) is 24.5 Å². The Morgan fingerprint density at radius 3 is 2.62 bits per heavy atom. The summed E-state index contributed by atoms with van der Waals surface area (Å²) in [5.74, 6) is -0.533. The van der Waals surface area contributed by atoms with Crippen molar-refractivity contribution < 1.29 is 36.6 Å². The first-order valence-corrected chi connectivity index (χ1v) is 12.8. The number of alkyl halides is 5. The Balaban J connectivity index is 1.51. The van der Waals surface area contributed by atoms with Gasteiger partial charge in [-0.15, -0.1) is 0 Å². The van der Waals surface area contributed by atoms with Crippen LogP contribution in [-0.4, -0.2) is 82.8 Å². The Morgan fingerprint density at radius 1 is 1.15 bits per heavy atom. The molecule has 216 valence electrons. The lowest BCUT2D eigenvalue weighted by molar-refractivity contribution is -0.139. The number of halogens is 5. The van der Waals surface area contributed by atoms with Crippen LogP contribution >= 0.6 is 0 Å². The monoisotopic (exact) mass is 560 g/mol. The van der Waals surface area contributed by atoms with Gasteiger partial charge in [-0.25, -0.2) is 28.5 Å². The number of fused-ring (bicyclic) bond motifs is 1. The maximum Gasteiger partial charge on any atom is 0.419 e. The van der Waals surface area contributed by atoms with Crippen molar-refractivity contribution in [1.82, 2.24) is 19.9 Å². The Kier molecular flexibility index (Phi) is 11.6. The molecular weight excluding hydrogens is 527 g/mol.